The molecular weight excluding hydrogens is 602 g/mol. The van der Waals surface area contributed by atoms with Gasteiger partial charge in [-0.1, -0.05) is 62.7 Å². The zero-order valence-electron chi connectivity index (χ0n) is 27.3. The number of imidazole rings is 1. The minimum absolute atomic E-state index is 0.0833. The van der Waals surface area contributed by atoms with E-state index in [2.05, 4.69) is 26.5 Å². The highest BCUT2D eigenvalue weighted by molar-refractivity contribution is 7.87. The van der Waals surface area contributed by atoms with Gasteiger partial charge in [0.1, 0.15) is 6.61 Å². The fraction of sp³-hybridized carbons (Fsp3) is 0.484. The van der Waals surface area contributed by atoms with E-state index in [1.807, 2.05) is 63.6 Å². The van der Waals surface area contributed by atoms with E-state index >= 15 is 0 Å². The number of halogens is 1. The standard InChI is InChI=1S/C26H37ClN6O4S.C3H7N.C2H6/c1-7-33(11-10-29-38(35,36)31(3)4)23-13-18(2)12-22(21-14-19(27)8-9-20(21)23)26(30-25(34)16-37-6)24-15-28-17-32(24)5;1-2-3-4;1-2/h8-9,12,14-15,17,23,26,29H,2,7,10-11,13,16H2,1,3-6H3,(H,30,34);2-3H,4H2,1H3;1-2H3/b;3-2-;. The van der Waals surface area contributed by atoms with Gasteiger partial charge in [-0.3, -0.25) is 9.69 Å². The number of aryl methyl sites for hydroxylation is 1. The highest BCUT2D eigenvalue weighted by Gasteiger charge is 2.31. The van der Waals surface area contributed by atoms with Gasteiger partial charge >= 0.3 is 0 Å². The summed E-state index contributed by atoms with van der Waals surface area (Å²) in [6.45, 7) is 13.6. The fourth-order valence-corrected chi connectivity index (χ4v) is 5.40. The van der Waals surface area contributed by atoms with Crippen molar-refractivity contribution in [2.24, 2.45) is 12.8 Å². The van der Waals surface area contributed by atoms with E-state index < -0.39 is 16.3 Å². The van der Waals surface area contributed by atoms with E-state index in [0.29, 0.717) is 24.5 Å². The van der Waals surface area contributed by atoms with Crippen LogP contribution in [0.3, 0.4) is 0 Å². The number of carbonyl (C=O) groups is 1. The minimum Gasteiger partial charge on any atom is -0.405 e. The Bertz CT molecular complexity index is 1370. The summed E-state index contributed by atoms with van der Waals surface area (Å²) in [5, 5.41) is 3.65. The summed E-state index contributed by atoms with van der Waals surface area (Å²) in [6, 6.07) is 5.14. The molecule has 11 nitrogen and oxygen atoms in total. The van der Waals surface area contributed by atoms with Gasteiger partial charge in [0.2, 0.25) is 5.91 Å². The van der Waals surface area contributed by atoms with Crippen molar-refractivity contribution in [3.63, 3.8) is 0 Å². The summed E-state index contributed by atoms with van der Waals surface area (Å²) < 4.78 is 35.2. The largest absolute Gasteiger partial charge is 0.405 e. The molecule has 1 heterocycles. The van der Waals surface area contributed by atoms with Crippen LogP contribution in [0.25, 0.3) is 5.57 Å². The molecule has 2 unspecified atom stereocenters. The normalized spacial score (nSPS) is 15.5. The van der Waals surface area contributed by atoms with E-state index in [9.17, 15) is 13.2 Å². The number of ether oxygens (including phenoxy) is 1. The Labute approximate surface area is 269 Å². The van der Waals surface area contributed by atoms with Crippen molar-refractivity contribution in [2.45, 2.75) is 46.2 Å². The van der Waals surface area contributed by atoms with Crippen LogP contribution >= 0.6 is 11.6 Å². The molecule has 0 fully saturated rings. The average molecular weight is 652 g/mol. The number of likely N-dealkylation sites (N-methyl/N-ethyl adjacent to an activating group) is 1. The molecule has 0 saturated carbocycles. The Hall–Kier alpha value is -3.00. The molecular formula is C31H50ClN7O4S. The monoisotopic (exact) mass is 651 g/mol. The third kappa shape index (κ3) is 11.2. The van der Waals surface area contributed by atoms with E-state index in [-0.39, 0.29) is 25.1 Å². The van der Waals surface area contributed by atoms with Crippen LogP contribution in [0.5, 0.6) is 0 Å². The maximum atomic E-state index is 12.7. The summed E-state index contributed by atoms with van der Waals surface area (Å²) in [4.78, 5) is 19.2. The maximum absolute atomic E-state index is 12.7. The summed E-state index contributed by atoms with van der Waals surface area (Å²) >= 11 is 6.50. The van der Waals surface area contributed by atoms with Crippen molar-refractivity contribution >= 4 is 33.3 Å². The van der Waals surface area contributed by atoms with E-state index in [1.54, 1.807) is 18.6 Å². The molecule has 2 atom stereocenters. The van der Waals surface area contributed by atoms with Gasteiger partial charge in [0.25, 0.3) is 10.2 Å². The minimum atomic E-state index is -3.53. The molecule has 1 aliphatic carbocycles. The molecule has 0 aliphatic heterocycles. The van der Waals surface area contributed by atoms with Gasteiger partial charge in [-0.05, 0) is 54.9 Å². The third-order valence-electron chi connectivity index (χ3n) is 6.75. The topological polar surface area (TPSA) is 135 Å². The molecule has 1 aliphatic rings. The zero-order valence-corrected chi connectivity index (χ0v) is 28.9. The van der Waals surface area contributed by atoms with Crippen molar-refractivity contribution in [1.82, 2.24) is 28.8 Å². The number of hydrogen-bond donors (Lipinski definition) is 3. The molecule has 246 valence electrons. The summed E-state index contributed by atoms with van der Waals surface area (Å²) in [5.74, 6) is -0.266. The van der Waals surface area contributed by atoms with E-state index in [1.165, 1.54) is 27.4 Å². The number of aromatic nitrogens is 2. The second-order valence-electron chi connectivity index (χ2n) is 9.91. The van der Waals surface area contributed by atoms with Crippen LogP contribution in [0, 0.1) is 0 Å². The average Bonchev–Trinajstić information content (AvgIpc) is 3.36. The lowest BCUT2D eigenvalue weighted by Gasteiger charge is -2.32. The number of fused-ring (bicyclic) bond motifs is 1. The first-order valence-electron chi connectivity index (χ1n) is 14.6. The van der Waals surface area contributed by atoms with Crippen molar-refractivity contribution in [2.75, 3.05) is 47.4 Å². The first-order valence-corrected chi connectivity index (χ1v) is 16.4. The van der Waals surface area contributed by atoms with Crippen molar-refractivity contribution in [3.8, 4) is 0 Å². The van der Waals surface area contributed by atoms with Crippen molar-refractivity contribution in [1.29, 1.82) is 0 Å². The number of amides is 1. The van der Waals surface area contributed by atoms with Gasteiger partial charge in [-0.15, -0.1) is 0 Å². The Balaban J connectivity index is 0.00000149. The second kappa shape index (κ2) is 19.4. The summed E-state index contributed by atoms with van der Waals surface area (Å²) in [7, 11) is 2.80. The first kappa shape index (κ1) is 39.0. The predicted octanol–water partition coefficient (Wildman–Crippen LogP) is 4.18. The van der Waals surface area contributed by atoms with Gasteiger partial charge in [-0.25, -0.2) is 9.71 Å². The molecule has 1 amide bonds. The molecule has 0 saturated heterocycles. The lowest BCUT2D eigenvalue weighted by molar-refractivity contribution is -0.125. The highest BCUT2D eigenvalue weighted by Crippen LogP contribution is 2.42. The highest BCUT2D eigenvalue weighted by atomic mass is 35.5. The summed E-state index contributed by atoms with van der Waals surface area (Å²) in [5.41, 5.74) is 9.26. The molecule has 3 rings (SSSR count). The van der Waals surface area contributed by atoms with Crippen LogP contribution in [0.1, 0.15) is 63.0 Å². The molecule has 1 aromatic heterocycles. The number of hydrogen-bond acceptors (Lipinski definition) is 7. The van der Waals surface area contributed by atoms with E-state index in [0.717, 1.165) is 32.3 Å². The number of benzene rings is 1. The van der Waals surface area contributed by atoms with Gasteiger partial charge in [0.05, 0.1) is 24.3 Å². The number of rotatable bonds is 12. The van der Waals surface area contributed by atoms with Gasteiger partial charge in [0, 0.05) is 52.4 Å². The van der Waals surface area contributed by atoms with Crippen LogP contribution in [-0.2, 0) is 26.8 Å². The number of nitrogens with one attached hydrogen (secondary N) is 2. The second-order valence-corrected chi connectivity index (χ2v) is 12.3. The molecule has 0 bridgehead atoms. The van der Waals surface area contributed by atoms with Crippen molar-refractivity contribution in [3.05, 3.63) is 83.1 Å². The van der Waals surface area contributed by atoms with Crippen LogP contribution < -0.4 is 15.8 Å². The van der Waals surface area contributed by atoms with Crippen molar-refractivity contribution < 1.29 is 17.9 Å². The lowest BCUT2D eigenvalue weighted by Crippen LogP contribution is -2.41. The lowest BCUT2D eigenvalue weighted by atomic mass is 9.90. The molecule has 13 heteroatoms. The number of nitrogens with two attached hydrogens (primary N) is 1. The molecule has 2 aromatic rings. The molecule has 44 heavy (non-hydrogen) atoms. The molecule has 0 radical (unpaired) electrons. The maximum Gasteiger partial charge on any atom is 0.278 e. The predicted molar refractivity (Wildman–Crippen MR) is 180 cm³/mol. The Morgan fingerprint density at radius 1 is 1.34 bits per heavy atom. The number of nitrogens with zero attached hydrogens (tertiary/aromatic N) is 4. The number of methoxy groups -OCH3 is 1. The van der Waals surface area contributed by atoms with Gasteiger partial charge in [0.15, 0.2) is 0 Å². The van der Waals surface area contributed by atoms with Gasteiger partial charge in [-0.2, -0.15) is 12.7 Å². The zero-order chi connectivity index (χ0) is 33.4. The van der Waals surface area contributed by atoms with Gasteiger partial charge < -0.3 is 20.4 Å². The van der Waals surface area contributed by atoms with Crippen LogP contribution in [0.4, 0.5) is 0 Å². The smallest absolute Gasteiger partial charge is 0.278 e. The summed E-state index contributed by atoms with van der Waals surface area (Å²) in [6.07, 6.45) is 9.31. The quantitative estimate of drug-likeness (QED) is 0.313. The number of allylic oxidation sites excluding steroid dienone is 2. The SMILES string of the molecule is C/C=C\N.C=C1C=C(C(NC(=O)COC)c2cncn2C)c2cc(Cl)ccc2C(N(CC)CCNS(=O)(=O)N(C)C)C1.CC. The third-order valence-corrected chi connectivity index (χ3v) is 8.51. The van der Waals surface area contributed by atoms with Crippen LogP contribution in [-0.4, -0.2) is 80.5 Å². The number of carbonyl (C=O) groups excluding carboxylic acids is 1. The van der Waals surface area contributed by atoms with Crippen LogP contribution in [0.15, 0.2) is 61.2 Å². The fourth-order valence-electron chi connectivity index (χ4n) is 4.62. The Morgan fingerprint density at radius 3 is 2.52 bits per heavy atom. The first-order chi connectivity index (χ1) is 20.9. The molecule has 0 spiro atoms. The molecule has 4 N–H and O–H groups in total. The Morgan fingerprint density at radius 2 is 2.00 bits per heavy atom. The molecule has 1 aromatic carbocycles. The van der Waals surface area contributed by atoms with Crippen LogP contribution in [0.2, 0.25) is 5.02 Å². The Kier molecular flexibility index (Phi) is 17.2. The van der Waals surface area contributed by atoms with E-state index in [4.69, 9.17) is 22.1 Å².